The van der Waals surface area contributed by atoms with Crippen LogP contribution in [0.3, 0.4) is 0 Å². The van der Waals surface area contributed by atoms with Crippen molar-refractivity contribution in [1.82, 2.24) is 4.98 Å². The van der Waals surface area contributed by atoms with Gasteiger partial charge >= 0.3 is 0 Å². The van der Waals surface area contributed by atoms with Gasteiger partial charge < -0.3 is 4.90 Å². The van der Waals surface area contributed by atoms with Crippen LogP contribution in [-0.4, -0.2) is 37.7 Å². The molecule has 0 N–H and O–H groups in total. The molecule has 0 radical (unpaired) electrons. The largest absolute Gasteiger partial charge is 0.351 e. The number of nitrogens with zero attached hydrogens (tertiary/aromatic N) is 3. The van der Waals surface area contributed by atoms with E-state index < -0.39 is 15.7 Å². The zero-order valence-electron chi connectivity index (χ0n) is 10.6. The van der Waals surface area contributed by atoms with Gasteiger partial charge in [0.15, 0.2) is 0 Å². The van der Waals surface area contributed by atoms with Gasteiger partial charge in [0.05, 0.1) is 14.6 Å². The first kappa shape index (κ1) is 14.4. The Morgan fingerprint density at radius 1 is 1.58 bits per heavy atom. The molecular formula is C11H14BrN3O3S. The zero-order chi connectivity index (χ0) is 14.2. The van der Waals surface area contributed by atoms with Crippen molar-refractivity contribution in [3.63, 3.8) is 0 Å². The fourth-order valence-electron chi connectivity index (χ4n) is 2.08. The molecule has 1 aliphatic heterocycles. The minimum Gasteiger partial charge on any atom is -0.351 e. The summed E-state index contributed by atoms with van der Waals surface area (Å²) in [5, 5.41) is 10.7. The van der Waals surface area contributed by atoms with E-state index in [1.165, 1.54) is 12.3 Å². The summed E-state index contributed by atoms with van der Waals surface area (Å²) in [6.45, 7) is 4.59. The molecule has 104 valence electrons. The van der Waals surface area contributed by atoms with Crippen molar-refractivity contribution in [3.8, 4) is 0 Å². The molecular weight excluding hydrogens is 334 g/mol. The van der Waals surface area contributed by atoms with Crippen molar-refractivity contribution in [1.29, 1.82) is 0 Å². The van der Waals surface area contributed by atoms with Gasteiger partial charge in [-0.3, -0.25) is 14.3 Å². The summed E-state index contributed by atoms with van der Waals surface area (Å²) in [6, 6.07) is 1.53. The third kappa shape index (κ3) is 2.79. The Bertz CT molecular complexity index is 540. The Balaban J connectivity index is 2.32. The van der Waals surface area contributed by atoms with Gasteiger partial charge in [0.2, 0.25) is 0 Å². The monoisotopic (exact) mass is 347 g/mol. The summed E-state index contributed by atoms with van der Waals surface area (Å²) in [5.74, 6) is 1.26. The molecule has 8 heteroatoms. The minimum absolute atomic E-state index is 0.0445. The van der Waals surface area contributed by atoms with Crippen LogP contribution in [0.15, 0.2) is 16.7 Å². The van der Waals surface area contributed by atoms with Crippen molar-refractivity contribution >= 4 is 38.2 Å². The summed E-state index contributed by atoms with van der Waals surface area (Å²) < 4.78 is 12.4. The minimum atomic E-state index is -0.821. The van der Waals surface area contributed by atoms with Crippen molar-refractivity contribution in [2.24, 2.45) is 0 Å². The molecule has 1 fully saturated rings. The maximum atomic E-state index is 11.8. The number of nitro groups is 1. The third-order valence-electron chi connectivity index (χ3n) is 3.41. The van der Waals surface area contributed by atoms with Crippen LogP contribution in [0.4, 0.5) is 11.5 Å². The standard InChI is InChI=1S/C11H14BrN3O3S/c1-7-8(2)19(18)4-3-14(7)11-10(12)5-9(6-13-11)15(16)17/h5-8H,3-4H2,1-2H3/t7-,8-,19+/m1/s1. The van der Waals surface area contributed by atoms with Gasteiger partial charge in [-0.1, -0.05) is 0 Å². The first-order valence-electron chi connectivity index (χ1n) is 5.85. The van der Waals surface area contributed by atoms with E-state index in [0.29, 0.717) is 22.6 Å². The quantitative estimate of drug-likeness (QED) is 0.604. The molecule has 1 aromatic heterocycles. The molecule has 1 saturated heterocycles. The first-order chi connectivity index (χ1) is 8.91. The van der Waals surface area contributed by atoms with Crippen molar-refractivity contribution in [3.05, 3.63) is 26.9 Å². The van der Waals surface area contributed by atoms with Gasteiger partial charge in [0.25, 0.3) is 5.69 Å². The molecule has 19 heavy (non-hydrogen) atoms. The van der Waals surface area contributed by atoms with Gasteiger partial charge in [0.1, 0.15) is 12.0 Å². The second kappa shape index (κ2) is 5.54. The van der Waals surface area contributed by atoms with Crippen LogP contribution in [0.1, 0.15) is 13.8 Å². The highest BCUT2D eigenvalue weighted by Gasteiger charge is 2.32. The average Bonchev–Trinajstić information content (AvgIpc) is 2.37. The molecule has 1 aliphatic rings. The second-order valence-electron chi connectivity index (χ2n) is 4.48. The van der Waals surface area contributed by atoms with Crippen LogP contribution < -0.4 is 4.90 Å². The third-order valence-corrected chi connectivity index (χ3v) is 5.80. The highest BCUT2D eigenvalue weighted by molar-refractivity contribution is 9.10. The highest BCUT2D eigenvalue weighted by Crippen LogP contribution is 2.31. The topological polar surface area (TPSA) is 76.3 Å². The SMILES string of the molecule is C[C@@H]1[C@@H](C)[S@@](=O)CCN1c1ncc([N+](=O)[O-])cc1Br. The van der Waals surface area contributed by atoms with E-state index in [9.17, 15) is 14.3 Å². The maximum absolute atomic E-state index is 11.8. The van der Waals surface area contributed by atoms with Gasteiger partial charge in [-0.25, -0.2) is 4.98 Å². The summed E-state index contributed by atoms with van der Waals surface area (Å²) in [6.07, 6.45) is 1.25. The summed E-state index contributed by atoms with van der Waals surface area (Å²) >= 11 is 3.33. The Kier molecular flexibility index (Phi) is 4.19. The molecule has 0 unspecified atom stereocenters. The molecule has 0 spiro atoms. The van der Waals surface area contributed by atoms with Crippen molar-refractivity contribution < 1.29 is 9.13 Å². The van der Waals surface area contributed by atoms with Crippen molar-refractivity contribution in [2.45, 2.75) is 25.1 Å². The van der Waals surface area contributed by atoms with E-state index in [0.717, 1.165) is 0 Å². The molecule has 6 nitrogen and oxygen atoms in total. The highest BCUT2D eigenvalue weighted by atomic mass is 79.9. The van der Waals surface area contributed by atoms with E-state index in [-0.39, 0.29) is 17.0 Å². The predicted molar refractivity (Wildman–Crippen MR) is 77.9 cm³/mol. The lowest BCUT2D eigenvalue weighted by atomic mass is 10.2. The lowest BCUT2D eigenvalue weighted by Gasteiger charge is -2.38. The van der Waals surface area contributed by atoms with Crippen LogP contribution in [0.5, 0.6) is 0 Å². The fraction of sp³-hybridized carbons (Fsp3) is 0.545. The number of pyridine rings is 1. The number of hydrogen-bond acceptors (Lipinski definition) is 5. The second-order valence-corrected chi connectivity index (χ2v) is 7.25. The molecule has 1 aromatic rings. The predicted octanol–water partition coefficient (Wildman–Crippen LogP) is 2.10. The van der Waals surface area contributed by atoms with Crippen LogP contribution in [0, 0.1) is 10.1 Å². The number of halogens is 1. The Morgan fingerprint density at radius 3 is 2.84 bits per heavy atom. The Labute approximate surface area is 121 Å². The summed E-state index contributed by atoms with van der Waals surface area (Å²) in [5.41, 5.74) is -0.0445. The summed E-state index contributed by atoms with van der Waals surface area (Å²) in [4.78, 5) is 16.4. The number of rotatable bonds is 2. The normalized spacial score (nSPS) is 27.3. The van der Waals surface area contributed by atoms with Gasteiger partial charge in [-0.2, -0.15) is 0 Å². The molecule has 2 heterocycles. The Hall–Kier alpha value is -1.02. The van der Waals surface area contributed by atoms with Crippen LogP contribution >= 0.6 is 15.9 Å². The molecule has 3 atom stereocenters. The first-order valence-corrected chi connectivity index (χ1v) is 8.03. The fourth-order valence-corrected chi connectivity index (χ4v) is 3.98. The molecule has 0 amide bonds. The molecule has 0 aliphatic carbocycles. The Morgan fingerprint density at radius 2 is 2.26 bits per heavy atom. The number of aromatic nitrogens is 1. The average molecular weight is 348 g/mol. The molecule has 0 aromatic carbocycles. The summed E-state index contributed by atoms with van der Waals surface area (Å²) in [7, 11) is -0.821. The van der Waals surface area contributed by atoms with Crippen LogP contribution in [0.25, 0.3) is 0 Å². The van der Waals surface area contributed by atoms with Crippen LogP contribution in [0.2, 0.25) is 0 Å². The van der Waals surface area contributed by atoms with E-state index in [1.807, 2.05) is 18.7 Å². The van der Waals surface area contributed by atoms with Gasteiger partial charge in [-0.15, -0.1) is 0 Å². The van der Waals surface area contributed by atoms with E-state index in [1.54, 1.807) is 0 Å². The molecule has 2 rings (SSSR count). The molecule has 0 saturated carbocycles. The van der Waals surface area contributed by atoms with Gasteiger partial charge in [0, 0.05) is 35.2 Å². The van der Waals surface area contributed by atoms with Crippen LogP contribution in [-0.2, 0) is 10.8 Å². The molecule has 0 bridgehead atoms. The lowest BCUT2D eigenvalue weighted by molar-refractivity contribution is -0.385. The van der Waals surface area contributed by atoms with Gasteiger partial charge in [-0.05, 0) is 29.8 Å². The number of anilines is 1. The smallest absolute Gasteiger partial charge is 0.288 e. The zero-order valence-corrected chi connectivity index (χ0v) is 13.0. The van der Waals surface area contributed by atoms with E-state index in [2.05, 4.69) is 20.9 Å². The number of hydrogen-bond donors (Lipinski definition) is 0. The van der Waals surface area contributed by atoms with Crippen molar-refractivity contribution in [2.75, 3.05) is 17.2 Å². The van der Waals surface area contributed by atoms with E-state index in [4.69, 9.17) is 0 Å². The maximum Gasteiger partial charge on any atom is 0.288 e. The van der Waals surface area contributed by atoms with E-state index >= 15 is 0 Å². The lowest BCUT2D eigenvalue weighted by Crippen LogP contribution is -2.50.